The van der Waals surface area contributed by atoms with Gasteiger partial charge in [-0.25, -0.2) is 0 Å². The van der Waals surface area contributed by atoms with Crippen molar-refractivity contribution in [2.45, 2.75) is 27.2 Å². The summed E-state index contributed by atoms with van der Waals surface area (Å²) in [5.74, 6) is 0.647. The molecule has 23 heavy (non-hydrogen) atoms. The second kappa shape index (κ2) is 8.18. The fraction of sp³-hybridized carbons (Fsp3) is 0.250. The number of hydrogen-bond donors (Lipinski definition) is 1. The summed E-state index contributed by atoms with van der Waals surface area (Å²) < 4.78 is 5.69. The van der Waals surface area contributed by atoms with E-state index in [-0.39, 0.29) is 5.91 Å². The predicted molar refractivity (Wildman–Crippen MR) is 95.8 cm³/mol. The third-order valence-electron chi connectivity index (χ3n) is 3.45. The van der Waals surface area contributed by atoms with Crippen molar-refractivity contribution in [1.29, 1.82) is 0 Å². The summed E-state index contributed by atoms with van der Waals surface area (Å²) in [7, 11) is 0. The van der Waals surface area contributed by atoms with E-state index in [0.717, 1.165) is 34.5 Å². The van der Waals surface area contributed by atoms with Gasteiger partial charge in [-0.15, -0.1) is 0 Å². The average Bonchev–Trinajstić information content (AvgIpc) is 2.55. The number of para-hydroxylation sites is 1. The lowest BCUT2D eigenvalue weighted by Gasteiger charge is -2.08. The standard InChI is InChI=1S/C20H23NO2/c1-4-13-23-19-8-6-5-7-17(19)11-12-20(22)21-18-14-15(2)9-10-16(18)3/h5-12,14H,4,13H2,1-3H3,(H,21,22). The molecule has 2 rings (SSSR count). The number of anilines is 1. The van der Waals surface area contributed by atoms with Crippen molar-refractivity contribution in [3.8, 4) is 5.75 Å². The summed E-state index contributed by atoms with van der Waals surface area (Å²) in [5, 5.41) is 2.92. The molecule has 0 aliphatic rings. The van der Waals surface area contributed by atoms with Crippen LogP contribution in [0.15, 0.2) is 48.5 Å². The first-order valence-electron chi connectivity index (χ1n) is 7.88. The van der Waals surface area contributed by atoms with E-state index in [1.54, 1.807) is 6.08 Å². The Kier molecular flexibility index (Phi) is 5.98. The highest BCUT2D eigenvalue weighted by Gasteiger charge is 2.03. The van der Waals surface area contributed by atoms with Crippen LogP contribution in [0, 0.1) is 13.8 Å². The van der Waals surface area contributed by atoms with Crippen LogP contribution in [0.25, 0.3) is 6.08 Å². The number of carbonyl (C=O) groups excluding carboxylic acids is 1. The maximum absolute atomic E-state index is 12.1. The molecule has 0 bridgehead atoms. The molecular weight excluding hydrogens is 286 g/mol. The van der Waals surface area contributed by atoms with E-state index in [0.29, 0.717) is 6.61 Å². The molecule has 0 aliphatic carbocycles. The fourth-order valence-electron chi connectivity index (χ4n) is 2.17. The number of aryl methyl sites for hydroxylation is 2. The molecule has 1 amide bonds. The van der Waals surface area contributed by atoms with Crippen molar-refractivity contribution in [1.82, 2.24) is 0 Å². The summed E-state index contributed by atoms with van der Waals surface area (Å²) in [6.45, 7) is 6.72. The molecule has 0 spiro atoms. The van der Waals surface area contributed by atoms with Crippen molar-refractivity contribution in [2.75, 3.05) is 11.9 Å². The molecule has 0 aliphatic heterocycles. The first kappa shape index (κ1) is 16.8. The minimum Gasteiger partial charge on any atom is -0.493 e. The average molecular weight is 309 g/mol. The predicted octanol–water partition coefficient (Wildman–Crippen LogP) is 4.74. The highest BCUT2D eigenvalue weighted by molar-refractivity contribution is 6.02. The van der Waals surface area contributed by atoms with Gasteiger partial charge >= 0.3 is 0 Å². The molecule has 0 radical (unpaired) electrons. The molecule has 1 N–H and O–H groups in total. The number of amides is 1. The van der Waals surface area contributed by atoms with Gasteiger partial charge in [0.05, 0.1) is 6.61 Å². The summed E-state index contributed by atoms with van der Waals surface area (Å²) >= 11 is 0. The highest BCUT2D eigenvalue weighted by atomic mass is 16.5. The fourth-order valence-corrected chi connectivity index (χ4v) is 2.17. The Bertz CT molecular complexity index is 705. The van der Waals surface area contributed by atoms with Crippen molar-refractivity contribution in [3.05, 3.63) is 65.2 Å². The van der Waals surface area contributed by atoms with Gasteiger partial charge < -0.3 is 10.1 Å². The Hall–Kier alpha value is -2.55. The smallest absolute Gasteiger partial charge is 0.248 e. The third-order valence-corrected chi connectivity index (χ3v) is 3.45. The number of carbonyl (C=O) groups is 1. The first-order chi connectivity index (χ1) is 11.1. The van der Waals surface area contributed by atoms with Crippen molar-refractivity contribution < 1.29 is 9.53 Å². The largest absolute Gasteiger partial charge is 0.493 e. The molecule has 2 aromatic carbocycles. The summed E-state index contributed by atoms with van der Waals surface area (Å²) in [5.41, 5.74) is 3.91. The van der Waals surface area contributed by atoms with Gasteiger partial charge in [0.15, 0.2) is 0 Å². The Morgan fingerprint density at radius 2 is 1.96 bits per heavy atom. The Morgan fingerprint density at radius 3 is 2.74 bits per heavy atom. The molecule has 2 aromatic rings. The Labute approximate surface area is 138 Å². The van der Waals surface area contributed by atoms with Gasteiger partial charge in [-0.2, -0.15) is 0 Å². The van der Waals surface area contributed by atoms with Gasteiger partial charge in [0, 0.05) is 17.3 Å². The number of rotatable bonds is 6. The van der Waals surface area contributed by atoms with Crippen LogP contribution in [0.1, 0.15) is 30.0 Å². The van der Waals surface area contributed by atoms with Crippen LogP contribution in [0.5, 0.6) is 5.75 Å². The van der Waals surface area contributed by atoms with Gasteiger partial charge in [0.2, 0.25) is 5.91 Å². The van der Waals surface area contributed by atoms with E-state index in [1.807, 2.05) is 56.3 Å². The number of ether oxygens (including phenoxy) is 1. The van der Waals surface area contributed by atoms with Crippen molar-refractivity contribution in [2.24, 2.45) is 0 Å². The third kappa shape index (κ3) is 4.99. The molecule has 0 atom stereocenters. The minimum absolute atomic E-state index is 0.149. The molecule has 0 heterocycles. The maximum atomic E-state index is 12.1. The van der Waals surface area contributed by atoms with Crippen LogP contribution in [-0.2, 0) is 4.79 Å². The van der Waals surface area contributed by atoms with Crippen LogP contribution in [0.4, 0.5) is 5.69 Å². The second-order valence-electron chi connectivity index (χ2n) is 5.53. The van der Waals surface area contributed by atoms with Gasteiger partial charge in [0.1, 0.15) is 5.75 Å². The van der Waals surface area contributed by atoms with E-state index in [9.17, 15) is 4.79 Å². The van der Waals surface area contributed by atoms with E-state index >= 15 is 0 Å². The zero-order valence-corrected chi connectivity index (χ0v) is 13.9. The van der Waals surface area contributed by atoms with Gasteiger partial charge in [-0.05, 0) is 49.6 Å². The van der Waals surface area contributed by atoms with E-state index < -0.39 is 0 Å². The van der Waals surface area contributed by atoms with Gasteiger partial charge in [-0.1, -0.05) is 37.3 Å². The number of benzene rings is 2. The van der Waals surface area contributed by atoms with Crippen LogP contribution >= 0.6 is 0 Å². The Balaban J connectivity index is 2.08. The molecule has 3 nitrogen and oxygen atoms in total. The summed E-state index contributed by atoms with van der Waals surface area (Å²) in [6.07, 6.45) is 4.27. The summed E-state index contributed by atoms with van der Waals surface area (Å²) in [4.78, 5) is 12.1. The quantitative estimate of drug-likeness (QED) is 0.782. The molecule has 0 fully saturated rings. The lowest BCUT2D eigenvalue weighted by atomic mass is 10.1. The highest BCUT2D eigenvalue weighted by Crippen LogP contribution is 2.20. The van der Waals surface area contributed by atoms with Crippen LogP contribution in [-0.4, -0.2) is 12.5 Å². The van der Waals surface area contributed by atoms with E-state index in [2.05, 4.69) is 12.2 Å². The topological polar surface area (TPSA) is 38.3 Å². The molecular formula is C20H23NO2. The summed E-state index contributed by atoms with van der Waals surface area (Å²) in [6, 6.07) is 13.7. The SMILES string of the molecule is CCCOc1ccccc1C=CC(=O)Nc1cc(C)ccc1C. The first-order valence-corrected chi connectivity index (χ1v) is 7.88. The number of nitrogens with one attached hydrogen (secondary N) is 1. The Morgan fingerprint density at radius 1 is 1.17 bits per heavy atom. The van der Waals surface area contributed by atoms with Crippen molar-refractivity contribution in [3.63, 3.8) is 0 Å². The van der Waals surface area contributed by atoms with E-state index in [1.165, 1.54) is 6.08 Å². The molecule has 0 saturated carbocycles. The molecule has 0 unspecified atom stereocenters. The molecule has 120 valence electrons. The molecule has 0 saturated heterocycles. The normalized spacial score (nSPS) is 10.7. The maximum Gasteiger partial charge on any atom is 0.248 e. The van der Waals surface area contributed by atoms with Crippen LogP contribution in [0.2, 0.25) is 0 Å². The van der Waals surface area contributed by atoms with Crippen LogP contribution in [0.3, 0.4) is 0 Å². The monoisotopic (exact) mass is 309 g/mol. The molecule has 3 heteroatoms. The van der Waals surface area contributed by atoms with E-state index in [4.69, 9.17) is 4.74 Å². The zero-order chi connectivity index (χ0) is 16.7. The zero-order valence-electron chi connectivity index (χ0n) is 13.9. The second-order valence-corrected chi connectivity index (χ2v) is 5.53. The lowest BCUT2D eigenvalue weighted by Crippen LogP contribution is -2.09. The van der Waals surface area contributed by atoms with Gasteiger partial charge in [0.25, 0.3) is 0 Å². The number of hydrogen-bond acceptors (Lipinski definition) is 2. The van der Waals surface area contributed by atoms with Crippen LogP contribution < -0.4 is 10.1 Å². The van der Waals surface area contributed by atoms with Gasteiger partial charge in [-0.3, -0.25) is 4.79 Å². The molecule has 0 aromatic heterocycles. The van der Waals surface area contributed by atoms with Crippen molar-refractivity contribution >= 4 is 17.7 Å². The minimum atomic E-state index is -0.149. The lowest BCUT2D eigenvalue weighted by molar-refractivity contribution is -0.111.